The second-order valence-electron chi connectivity index (χ2n) is 4.30. The van der Waals surface area contributed by atoms with Gasteiger partial charge in [-0.15, -0.1) is 11.3 Å². The zero-order chi connectivity index (χ0) is 11.8. The summed E-state index contributed by atoms with van der Waals surface area (Å²) in [5.74, 6) is 0. The summed E-state index contributed by atoms with van der Waals surface area (Å²) < 4.78 is 1.33. The molecule has 0 aliphatic heterocycles. The zero-order valence-electron chi connectivity index (χ0n) is 9.18. The standard InChI is InChI=1S/C12H12N2O2S/c15-11-7-8(6-10-2-1-5-17-10)13-12(16)14(11)9-3-4-9/h1-2,5,7,9H,3-4,6H2,(H,13,16). The third-order valence-electron chi connectivity index (χ3n) is 2.88. The van der Waals surface area contributed by atoms with Gasteiger partial charge in [-0.3, -0.25) is 9.36 Å². The zero-order valence-corrected chi connectivity index (χ0v) is 10.00. The highest BCUT2D eigenvalue weighted by molar-refractivity contribution is 7.09. The molecule has 0 amide bonds. The maximum atomic E-state index is 11.8. The summed E-state index contributed by atoms with van der Waals surface area (Å²) in [6.07, 6.45) is 2.49. The van der Waals surface area contributed by atoms with E-state index >= 15 is 0 Å². The van der Waals surface area contributed by atoms with Gasteiger partial charge in [0.05, 0.1) is 0 Å². The molecule has 0 saturated heterocycles. The largest absolute Gasteiger partial charge is 0.328 e. The summed E-state index contributed by atoms with van der Waals surface area (Å²) in [6.45, 7) is 0. The number of aromatic nitrogens is 2. The average molecular weight is 248 g/mol. The highest BCUT2D eigenvalue weighted by Gasteiger charge is 2.26. The molecule has 0 atom stereocenters. The first-order valence-electron chi connectivity index (χ1n) is 5.61. The Balaban J connectivity index is 1.97. The van der Waals surface area contributed by atoms with Gasteiger partial charge >= 0.3 is 5.69 Å². The molecule has 0 unspecified atom stereocenters. The van der Waals surface area contributed by atoms with Crippen LogP contribution < -0.4 is 11.2 Å². The van der Waals surface area contributed by atoms with Crippen molar-refractivity contribution in [3.63, 3.8) is 0 Å². The lowest BCUT2D eigenvalue weighted by Gasteiger charge is -2.03. The van der Waals surface area contributed by atoms with Crippen LogP contribution in [0.1, 0.15) is 29.5 Å². The number of nitrogens with one attached hydrogen (secondary N) is 1. The first-order valence-corrected chi connectivity index (χ1v) is 6.49. The van der Waals surface area contributed by atoms with Gasteiger partial charge in [0.15, 0.2) is 0 Å². The summed E-state index contributed by atoms with van der Waals surface area (Å²) in [4.78, 5) is 27.5. The van der Waals surface area contributed by atoms with E-state index in [2.05, 4.69) is 4.98 Å². The molecule has 3 rings (SSSR count). The fourth-order valence-corrected chi connectivity index (χ4v) is 2.65. The minimum atomic E-state index is -0.272. The van der Waals surface area contributed by atoms with Gasteiger partial charge in [-0.2, -0.15) is 0 Å². The Labute approximate surface area is 102 Å². The normalized spacial score (nSPS) is 15.1. The average Bonchev–Trinajstić information content (AvgIpc) is 2.95. The predicted octanol–water partition coefficient (Wildman–Crippen LogP) is 1.52. The lowest BCUT2D eigenvalue weighted by Crippen LogP contribution is -2.34. The van der Waals surface area contributed by atoms with Gasteiger partial charge in [-0.25, -0.2) is 4.79 Å². The van der Waals surface area contributed by atoms with Crippen molar-refractivity contribution in [1.29, 1.82) is 0 Å². The monoisotopic (exact) mass is 248 g/mol. The van der Waals surface area contributed by atoms with Crippen molar-refractivity contribution in [2.24, 2.45) is 0 Å². The smallest absolute Gasteiger partial charge is 0.311 e. The van der Waals surface area contributed by atoms with Crippen molar-refractivity contribution in [2.75, 3.05) is 0 Å². The molecule has 1 N–H and O–H groups in total. The van der Waals surface area contributed by atoms with E-state index in [1.54, 1.807) is 17.4 Å². The Morgan fingerprint density at radius 1 is 1.41 bits per heavy atom. The fraction of sp³-hybridized carbons (Fsp3) is 0.333. The molecular formula is C12H12N2O2S. The molecule has 0 spiro atoms. The third kappa shape index (κ3) is 2.10. The lowest BCUT2D eigenvalue weighted by atomic mass is 10.2. The van der Waals surface area contributed by atoms with Crippen molar-refractivity contribution in [2.45, 2.75) is 25.3 Å². The van der Waals surface area contributed by atoms with Gasteiger partial charge in [0.1, 0.15) is 0 Å². The molecule has 0 aromatic carbocycles. The fourth-order valence-electron chi connectivity index (χ4n) is 1.93. The van der Waals surface area contributed by atoms with Gasteiger partial charge in [0, 0.05) is 29.1 Å². The minimum absolute atomic E-state index is 0.127. The van der Waals surface area contributed by atoms with Crippen LogP contribution in [-0.4, -0.2) is 9.55 Å². The lowest BCUT2D eigenvalue weighted by molar-refractivity contribution is 0.648. The molecule has 88 valence electrons. The first kappa shape index (κ1) is 10.5. The Morgan fingerprint density at radius 2 is 2.24 bits per heavy atom. The van der Waals surface area contributed by atoms with Crippen molar-refractivity contribution in [1.82, 2.24) is 9.55 Å². The van der Waals surface area contributed by atoms with Gasteiger partial charge < -0.3 is 4.98 Å². The molecule has 2 heterocycles. The molecule has 1 aliphatic carbocycles. The topological polar surface area (TPSA) is 54.9 Å². The first-order chi connectivity index (χ1) is 8.24. The Hall–Kier alpha value is -1.62. The number of hydrogen-bond acceptors (Lipinski definition) is 3. The van der Waals surface area contributed by atoms with Gasteiger partial charge in [-0.05, 0) is 24.3 Å². The Morgan fingerprint density at radius 3 is 2.82 bits per heavy atom. The molecule has 4 nitrogen and oxygen atoms in total. The van der Waals surface area contributed by atoms with Gasteiger partial charge in [0.2, 0.25) is 0 Å². The number of aromatic amines is 1. The van der Waals surface area contributed by atoms with Crippen molar-refractivity contribution in [3.8, 4) is 0 Å². The number of H-pyrrole nitrogens is 1. The molecule has 17 heavy (non-hydrogen) atoms. The van der Waals surface area contributed by atoms with Crippen LogP contribution in [0.15, 0.2) is 33.2 Å². The predicted molar refractivity (Wildman–Crippen MR) is 66.7 cm³/mol. The third-order valence-corrected chi connectivity index (χ3v) is 3.75. The SMILES string of the molecule is O=c1cc(Cc2cccs2)[nH]c(=O)n1C1CC1. The molecule has 2 aromatic heterocycles. The molecule has 1 aliphatic rings. The van der Waals surface area contributed by atoms with Gasteiger partial charge in [-0.1, -0.05) is 6.07 Å². The van der Waals surface area contributed by atoms with Crippen LogP contribution in [0.5, 0.6) is 0 Å². The second-order valence-corrected chi connectivity index (χ2v) is 5.33. The van der Waals surface area contributed by atoms with Crippen LogP contribution in [0.4, 0.5) is 0 Å². The molecule has 0 radical (unpaired) electrons. The summed E-state index contributed by atoms with van der Waals surface area (Å²) >= 11 is 1.62. The van der Waals surface area contributed by atoms with Crippen molar-refractivity contribution in [3.05, 3.63) is 55.0 Å². The number of rotatable bonds is 3. The van der Waals surface area contributed by atoms with Crippen LogP contribution in [0.2, 0.25) is 0 Å². The quantitative estimate of drug-likeness (QED) is 0.895. The minimum Gasteiger partial charge on any atom is -0.311 e. The molecular weight excluding hydrogens is 236 g/mol. The van der Waals surface area contributed by atoms with E-state index in [4.69, 9.17) is 0 Å². The van der Waals surface area contributed by atoms with Crippen molar-refractivity contribution >= 4 is 11.3 Å². The summed E-state index contributed by atoms with van der Waals surface area (Å²) in [5.41, 5.74) is 0.244. The van der Waals surface area contributed by atoms with E-state index in [-0.39, 0.29) is 17.3 Å². The second kappa shape index (κ2) is 4.00. The number of thiophene rings is 1. The van der Waals surface area contributed by atoms with Crippen LogP contribution in [0, 0.1) is 0 Å². The molecule has 1 fully saturated rings. The number of nitrogens with zero attached hydrogens (tertiary/aromatic N) is 1. The van der Waals surface area contributed by atoms with Crippen LogP contribution >= 0.6 is 11.3 Å². The Bertz CT molecular complexity index is 604. The van der Waals surface area contributed by atoms with E-state index in [0.29, 0.717) is 12.1 Å². The Kier molecular flexibility index (Phi) is 2.48. The summed E-state index contributed by atoms with van der Waals surface area (Å²) in [6, 6.07) is 5.63. The van der Waals surface area contributed by atoms with E-state index in [0.717, 1.165) is 17.7 Å². The van der Waals surface area contributed by atoms with Crippen LogP contribution in [-0.2, 0) is 6.42 Å². The summed E-state index contributed by atoms with van der Waals surface area (Å²) in [5, 5.41) is 1.98. The van der Waals surface area contributed by atoms with E-state index < -0.39 is 0 Å². The van der Waals surface area contributed by atoms with E-state index in [1.807, 2.05) is 17.5 Å². The van der Waals surface area contributed by atoms with Crippen molar-refractivity contribution < 1.29 is 0 Å². The highest BCUT2D eigenvalue weighted by atomic mass is 32.1. The molecule has 0 bridgehead atoms. The van der Waals surface area contributed by atoms with Crippen LogP contribution in [0.25, 0.3) is 0 Å². The molecule has 1 saturated carbocycles. The highest BCUT2D eigenvalue weighted by Crippen LogP contribution is 2.31. The maximum Gasteiger partial charge on any atom is 0.328 e. The van der Waals surface area contributed by atoms with E-state index in [1.165, 1.54) is 4.57 Å². The van der Waals surface area contributed by atoms with E-state index in [9.17, 15) is 9.59 Å². The summed E-state index contributed by atoms with van der Waals surface area (Å²) in [7, 11) is 0. The van der Waals surface area contributed by atoms with Gasteiger partial charge in [0.25, 0.3) is 5.56 Å². The molecule has 5 heteroatoms. The number of hydrogen-bond donors (Lipinski definition) is 1. The molecule has 2 aromatic rings. The maximum absolute atomic E-state index is 11.8. The van der Waals surface area contributed by atoms with Crippen LogP contribution in [0.3, 0.4) is 0 Å².